The fraction of sp³-hybridized carbons (Fsp3) is 0.0667. The molecule has 0 unspecified atom stereocenters. The highest BCUT2D eigenvalue weighted by Crippen LogP contribution is 2.33. The van der Waals surface area contributed by atoms with Gasteiger partial charge in [-0.25, -0.2) is 0 Å². The lowest BCUT2D eigenvalue weighted by Crippen LogP contribution is -2.09. The monoisotopic (exact) mass is 339 g/mol. The molecular formula is C15H11Cl2NS2. The van der Waals surface area contributed by atoms with Crippen molar-refractivity contribution in [2.75, 3.05) is 5.32 Å². The van der Waals surface area contributed by atoms with Gasteiger partial charge >= 0.3 is 0 Å². The molecule has 3 rings (SSSR count). The second-order valence-corrected chi connectivity index (χ2v) is 7.10. The van der Waals surface area contributed by atoms with Crippen LogP contribution in [0.25, 0.3) is 0 Å². The lowest BCUT2D eigenvalue weighted by Gasteiger charge is -2.18. The smallest absolute Gasteiger partial charge is 0.0953 e. The zero-order chi connectivity index (χ0) is 13.9. The van der Waals surface area contributed by atoms with Gasteiger partial charge in [0.15, 0.2) is 0 Å². The number of hydrogen-bond donors (Lipinski definition) is 1. The summed E-state index contributed by atoms with van der Waals surface area (Å²) in [5.41, 5.74) is 0.925. The first-order chi connectivity index (χ1) is 9.72. The van der Waals surface area contributed by atoms with Gasteiger partial charge in [-0.2, -0.15) is 0 Å². The molecule has 1 N–H and O–H groups in total. The van der Waals surface area contributed by atoms with E-state index in [4.69, 9.17) is 23.2 Å². The lowest BCUT2D eigenvalue weighted by molar-refractivity contribution is 0.993. The molecule has 20 heavy (non-hydrogen) atoms. The van der Waals surface area contributed by atoms with E-state index in [1.807, 2.05) is 12.1 Å². The van der Waals surface area contributed by atoms with E-state index in [1.54, 1.807) is 28.7 Å². The van der Waals surface area contributed by atoms with Gasteiger partial charge in [0.25, 0.3) is 0 Å². The van der Waals surface area contributed by atoms with E-state index in [2.05, 4.69) is 40.3 Å². The second kappa shape index (κ2) is 6.19. The fourth-order valence-corrected chi connectivity index (χ4v) is 4.18. The summed E-state index contributed by atoms with van der Waals surface area (Å²) in [7, 11) is 0. The summed E-state index contributed by atoms with van der Waals surface area (Å²) in [6.07, 6.45) is 0. The zero-order valence-corrected chi connectivity index (χ0v) is 13.5. The Morgan fingerprint density at radius 3 is 1.85 bits per heavy atom. The molecule has 0 fully saturated rings. The van der Waals surface area contributed by atoms with E-state index in [0.29, 0.717) is 10.0 Å². The minimum absolute atomic E-state index is 0.129. The molecule has 5 heteroatoms. The molecule has 0 amide bonds. The minimum Gasteiger partial charge on any atom is -0.373 e. The van der Waals surface area contributed by atoms with Crippen LogP contribution in [0.4, 0.5) is 5.69 Å². The number of benzene rings is 1. The average molecular weight is 340 g/mol. The van der Waals surface area contributed by atoms with E-state index in [-0.39, 0.29) is 6.04 Å². The third kappa shape index (κ3) is 3.18. The summed E-state index contributed by atoms with van der Waals surface area (Å²) in [6, 6.07) is 14.0. The average Bonchev–Trinajstić information content (AvgIpc) is 3.08. The Morgan fingerprint density at radius 1 is 0.850 bits per heavy atom. The molecule has 0 radical (unpaired) electrons. The van der Waals surface area contributed by atoms with Crippen LogP contribution in [0.2, 0.25) is 10.0 Å². The lowest BCUT2D eigenvalue weighted by atomic mass is 10.2. The SMILES string of the molecule is Clc1cc(Cl)cc(NC(c2cccs2)c2cccs2)c1. The molecule has 0 aliphatic rings. The van der Waals surface area contributed by atoms with Gasteiger partial charge in [-0.1, -0.05) is 35.3 Å². The van der Waals surface area contributed by atoms with Gasteiger partial charge < -0.3 is 5.32 Å². The summed E-state index contributed by atoms with van der Waals surface area (Å²) in [5.74, 6) is 0. The van der Waals surface area contributed by atoms with Crippen molar-refractivity contribution in [2.45, 2.75) is 6.04 Å². The highest BCUT2D eigenvalue weighted by molar-refractivity contribution is 7.11. The highest BCUT2D eigenvalue weighted by atomic mass is 35.5. The van der Waals surface area contributed by atoms with Crippen LogP contribution in [0, 0.1) is 0 Å². The largest absolute Gasteiger partial charge is 0.373 e. The van der Waals surface area contributed by atoms with Crippen molar-refractivity contribution < 1.29 is 0 Å². The van der Waals surface area contributed by atoms with Crippen LogP contribution in [-0.2, 0) is 0 Å². The van der Waals surface area contributed by atoms with Crippen molar-refractivity contribution >= 4 is 51.6 Å². The standard InChI is InChI=1S/C15H11Cl2NS2/c16-10-7-11(17)9-12(8-10)18-15(13-3-1-5-19-13)14-4-2-6-20-14/h1-9,15,18H. The maximum Gasteiger partial charge on any atom is 0.0953 e. The minimum atomic E-state index is 0.129. The van der Waals surface area contributed by atoms with Gasteiger partial charge in [0.2, 0.25) is 0 Å². The topological polar surface area (TPSA) is 12.0 Å². The van der Waals surface area contributed by atoms with Crippen molar-refractivity contribution in [1.82, 2.24) is 0 Å². The van der Waals surface area contributed by atoms with Crippen molar-refractivity contribution in [3.63, 3.8) is 0 Å². The Hall–Kier alpha value is -1.00. The Bertz CT molecular complexity index is 623. The summed E-state index contributed by atoms with van der Waals surface area (Å²) in [4.78, 5) is 2.53. The van der Waals surface area contributed by atoms with E-state index in [0.717, 1.165) is 5.69 Å². The van der Waals surface area contributed by atoms with Crippen LogP contribution in [0.15, 0.2) is 53.2 Å². The van der Waals surface area contributed by atoms with Crippen LogP contribution in [0.3, 0.4) is 0 Å². The first-order valence-corrected chi connectivity index (χ1v) is 8.53. The first-order valence-electron chi connectivity index (χ1n) is 6.02. The Morgan fingerprint density at radius 2 is 1.40 bits per heavy atom. The molecule has 102 valence electrons. The molecule has 2 heterocycles. The normalized spacial score (nSPS) is 10.9. The van der Waals surface area contributed by atoms with Gasteiger partial charge in [0.05, 0.1) is 6.04 Å². The first kappa shape index (κ1) is 14.0. The van der Waals surface area contributed by atoms with Crippen LogP contribution < -0.4 is 5.32 Å². The van der Waals surface area contributed by atoms with Crippen molar-refractivity contribution in [2.24, 2.45) is 0 Å². The molecule has 1 aromatic carbocycles. The van der Waals surface area contributed by atoms with Gasteiger partial charge in [-0.3, -0.25) is 0 Å². The second-order valence-electron chi connectivity index (χ2n) is 4.27. The quantitative estimate of drug-likeness (QED) is 0.586. The van der Waals surface area contributed by atoms with Crippen molar-refractivity contribution in [3.05, 3.63) is 73.0 Å². The zero-order valence-electron chi connectivity index (χ0n) is 10.3. The number of nitrogens with one attached hydrogen (secondary N) is 1. The molecule has 0 saturated carbocycles. The van der Waals surface area contributed by atoms with Crippen LogP contribution >= 0.6 is 45.9 Å². The van der Waals surface area contributed by atoms with Crippen LogP contribution in [-0.4, -0.2) is 0 Å². The Kier molecular flexibility index (Phi) is 4.32. The van der Waals surface area contributed by atoms with E-state index >= 15 is 0 Å². The van der Waals surface area contributed by atoms with Crippen molar-refractivity contribution in [1.29, 1.82) is 0 Å². The number of hydrogen-bond acceptors (Lipinski definition) is 3. The van der Waals surface area contributed by atoms with Crippen LogP contribution in [0.5, 0.6) is 0 Å². The fourth-order valence-electron chi connectivity index (χ4n) is 2.00. The number of thiophene rings is 2. The van der Waals surface area contributed by atoms with E-state index in [9.17, 15) is 0 Å². The number of rotatable bonds is 4. The summed E-state index contributed by atoms with van der Waals surface area (Å²) in [5, 5.41) is 8.96. The molecule has 0 saturated heterocycles. The third-order valence-corrected chi connectivity index (χ3v) is 5.14. The van der Waals surface area contributed by atoms with Crippen LogP contribution in [0.1, 0.15) is 15.8 Å². The highest BCUT2D eigenvalue weighted by Gasteiger charge is 2.16. The summed E-state index contributed by atoms with van der Waals surface area (Å²) >= 11 is 15.6. The Balaban J connectivity index is 1.94. The predicted molar refractivity (Wildman–Crippen MR) is 90.6 cm³/mol. The van der Waals surface area contributed by atoms with Gasteiger partial charge in [0, 0.05) is 25.5 Å². The molecule has 0 bridgehead atoms. The molecule has 0 aliphatic heterocycles. The maximum absolute atomic E-state index is 6.06. The maximum atomic E-state index is 6.06. The predicted octanol–water partition coefficient (Wildman–Crippen LogP) is 6.32. The van der Waals surface area contributed by atoms with Gasteiger partial charge in [-0.15, -0.1) is 22.7 Å². The van der Waals surface area contributed by atoms with Gasteiger partial charge in [-0.05, 0) is 41.1 Å². The van der Waals surface area contributed by atoms with Gasteiger partial charge in [0.1, 0.15) is 0 Å². The molecule has 2 aromatic heterocycles. The molecular weight excluding hydrogens is 329 g/mol. The van der Waals surface area contributed by atoms with Crippen molar-refractivity contribution in [3.8, 4) is 0 Å². The van der Waals surface area contributed by atoms with E-state index < -0.39 is 0 Å². The molecule has 0 atom stereocenters. The summed E-state index contributed by atoms with van der Waals surface area (Å²) in [6.45, 7) is 0. The number of halogens is 2. The molecule has 0 aliphatic carbocycles. The van der Waals surface area contributed by atoms with E-state index in [1.165, 1.54) is 9.75 Å². The number of anilines is 1. The molecule has 1 nitrogen and oxygen atoms in total. The summed E-state index contributed by atoms with van der Waals surface area (Å²) < 4.78 is 0. The molecule has 0 spiro atoms. The Labute approximate surface area is 135 Å². The third-order valence-electron chi connectivity index (χ3n) is 2.83. The molecule has 3 aromatic rings.